The molecular formula is C11H9NOS. The maximum Gasteiger partial charge on any atom is 0.158 e. The van der Waals surface area contributed by atoms with Gasteiger partial charge in [0, 0.05) is 11.6 Å². The van der Waals surface area contributed by atoms with Crippen LogP contribution < -0.4 is 4.84 Å². The third kappa shape index (κ3) is 1.83. The van der Waals surface area contributed by atoms with E-state index in [9.17, 15) is 0 Å². The molecule has 0 fully saturated rings. The SMILES string of the molecule is C=NOc1cccc(-c2cccs2)c1. The number of rotatable bonds is 3. The van der Waals surface area contributed by atoms with Gasteiger partial charge in [0.15, 0.2) is 5.75 Å². The van der Waals surface area contributed by atoms with E-state index in [-0.39, 0.29) is 0 Å². The molecule has 0 saturated heterocycles. The molecule has 0 unspecified atom stereocenters. The number of thiophene rings is 1. The Balaban J connectivity index is 2.35. The first-order chi connectivity index (χ1) is 6.90. The Morgan fingerprint density at radius 2 is 2.14 bits per heavy atom. The van der Waals surface area contributed by atoms with E-state index < -0.39 is 0 Å². The van der Waals surface area contributed by atoms with Gasteiger partial charge in [0.1, 0.15) is 0 Å². The molecule has 0 radical (unpaired) electrons. The van der Waals surface area contributed by atoms with Crippen LogP contribution in [0, 0.1) is 0 Å². The fraction of sp³-hybridized carbons (Fsp3) is 0. The van der Waals surface area contributed by atoms with Gasteiger partial charge in [-0.25, -0.2) is 0 Å². The number of oxime groups is 1. The maximum atomic E-state index is 4.96. The molecule has 0 saturated carbocycles. The Bertz CT molecular complexity index is 423. The smallest absolute Gasteiger partial charge is 0.158 e. The van der Waals surface area contributed by atoms with Crippen LogP contribution in [0.15, 0.2) is 46.9 Å². The molecule has 0 amide bonds. The Hall–Kier alpha value is -1.61. The summed E-state index contributed by atoms with van der Waals surface area (Å²) < 4.78 is 0. The molecule has 0 aliphatic carbocycles. The zero-order valence-corrected chi connectivity index (χ0v) is 8.33. The molecule has 2 aromatic rings. The van der Waals surface area contributed by atoms with Crippen LogP contribution >= 0.6 is 11.3 Å². The van der Waals surface area contributed by atoms with E-state index in [0.717, 1.165) is 5.56 Å². The van der Waals surface area contributed by atoms with E-state index >= 15 is 0 Å². The molecule has 0 bridgehead atoms. The third-order valence-electron chi connectivity index (χ3n) is 1.81. The molecule has 0 spiro atoms. The van der Waals surface area contributed by atoms with Gasteiger partial charge >= 0.3 is 0 Å². The normalized spacial score (nSPS) is 9.71. The van der Waals surface area contributed by atoms with E-state index in [0.29, 0.717) is 5.75 Å². The van der Waals surface area contributed by atoms with Crippen LogP contribution in [0.25, 0.3) is 10.4 Å². The summed E-state index contributed by atoms with van der Waals surface area (Å²) >= 11 is 1.70. The average Bonchev–Trinajstić information content (AvgIpc) is 2.71. The van der Waals surface area contributed by atoms with Crippen molar-refractivity contribution >= 4 is 18.1 Å². The molecule has 3 heteroatoms. The summed E-state index contributed by atoms with van der Waals surface area (Å²) in [6.07, 6.45) is 0. The van der Waals surface area contributed by atoms with Crippen LogP contribution in [-0.4, -0.2) is 6.72 Å². The van der Waals surface area contributed by atoms with Crippen molar-refractivity contribution < 1.29 is 4.84 Å². The quantitative estimate of drug-likeness (QED) is 0.553. The molecule has 2 nitrogen and oxygen atoms in total. The molecule has 0 N–H and O–H groups in total. The van der Waals surface area contributed by atoms with Crippen molar-refractivity contribution in [1.82, 2.24) is 0 Å². The summed E-state index contributed by atoms with van der Waals surface area (Å²) in [4.78, 5) is 6.18. The minimum Gasteiger partial charge on any atom is -0.358 e. The zero-order valence-electron chi connectivity index (χ0n) is 7.51. The van der Waals surface area contributed by atoms with Crippen molar-refractivity contribution in [2.75, 3.05) is 0 Å². The van der Waals surface area contributed by atoms with Gasteiger partial charge in [-0.1, -0.05) is 23.4 Å². The van der Waals surface area contributed by atoms with Crippen LogP contribution in [0.2, 0.25) is 0 Å². The number of hydrogen-bond acceptors (Lipinski definition) is 3. The van der Waals surface area contributed by atoms with E-state index in [1.807, 2.05) is 30.3 Å². The minimum atomic E-state index is 0.714. The Labute approximate surface area is 86.5 Å². The van der Waals surface area contributed by atoms with E-state index in [1.165, 1.54) is 4.88 Å². The highest BCUT2D eigenvalue weighted by atomic mass is 32.1. The summed E-state index contributed by atoms with van der Waals surface area (Å²) in [5.41, 5.74) is 1.14. The predicted octanol–water partition coefficient (Wildman–Crippen LogP) is 3.41. The summed E-state index contributed by atoms with van der Waals surface area (Å²) in [6, 6.07) is 11.9. The highest BCUT2D eigenvalue weighted by Gasteiger charge is 1.99. The second-order valence-corrected chi connectivity index (χ2v) is 3.67. The van der Waals surface area contributed by atoms with E-state index in [1.54, 1.807) is 11.3 Å². The highest BCUT2D eigenvalue weighted by molar-refractivity contribution is 7.13. The van der Waals surface area contributed by atoms with Gasteiger partial charge in [-0.2, -0.15) is 0 Å². The summed E-state index contributed by atoms with van der Waals surface area (Å²) in [5.74, 6) is 0.714. The molecule has 0 atom stereocenters. The van der Waals surface area contributed by atoms with Crippen LogP contribution in [-0.2, 0) is 0 Å². The van der Waals surface area contributed by atoms with Crippen LogP contribution in [0.3, 0.4) is 0 Å². The molecule has 1 aromatic heterocycles. The second kappa shape index (κ2) is 4.07. The lowest BCUT2D eigenvalue weighted by molar-refractivity contribution is 0.346. The second-order valence-electron chi connectivity index (χ2n) is 2.73. The summed E-state index contributed by atoms with van der Waals surface area (Å²) in [6.45, 7) is 3.28. The molecule has 0 aliphatic heterocycles. The highest BCUT2D eigenvalue weighted by Crippen LogP contribution is 2.27. The lowest BCUT2D eigenvalue weighted by Gasteiger charge is -2.00. The van der Waals surface area contributed by atoms with Crippen LogP contribution in [0.5, 0.6) is 5.75 Å². The standard InChI is InChI=1S/C11H9NOS/c1-12-13-10-5-2-4-9(8-10)11-6-3-7-14-11/h2-8H,1H2. The first-order valence-electron chi connectivity index (χ1n) is 4.17. The van der Waals surface area contributed by atoms with Crippen molar-refractivity contribution in [3.8, 4) is 16.2 Å². The molecule has 1 heterocycles. The summed E-state index contributed by atoms with van der Waals surface area (Å²) in [7, 11) is 0. The van der Waals surface area contributed by atoms with Gasteiger partial charge in [0.05, 0.1) is 0 Å². The Kier molecular flexibility index (Phi) is 2.60. The van der Waals surface area contributed by atoms with Gasteiger partial charge in [-0.05, 0) is 29.1 Å². The average molecular weight is 203 g/mol. The van der Waals surface area contributed by atoms with E-state index in [2.05, 4.69) is 23.3 Å². The topological polar surface area (TPSA) is 21.6 Å². The largest absolute Gasteiger partial charge is 0.358 e. The van der Waals surface area contributed by atoms with Crippen molar-refractivity contribution in [3.63, 3.8) is 0 Å². The monoisotopic (exact) mass is 203 g/mol. The van der Waals surface area contributed by atoms with Gasteiger partial charge in [0.25, 0.3) is 0 Å². The van der Waals surface area contributed by atoms with Crippen molar-refractivity contribution in [3.05, 3.63) is 41.8 Å². The van der Waals surface area contributed by atoms with Gasteiger partial charge in [-0.15, -0.1) is 11.3 Å². The molecular weight excluding hydrogens is 194 g/mol. The molecule has 70 valence electrons. The van der Waals surface area contributed by atoms with E-state index in [4.69, 9.17) is 4.84 Å². The van der Waals surface area contributed by atoms with Gasteiger partial charge in [0.2, 0.25) is 0 Å². The van der Waals surface area contributed by atoms with Crippen molar-refractivity contribution in [2.45, 2.75) is 0 Å². The third-order valence-corrected chi connectivity index (χ3v) is 2.73. The summed E-state index contributed by atoms with van der Waals surface area (Å²) in [5, 5.41) is 5.43. The number of benzene rings is 1. The lowest BCUT2D eigenvalue weighted by atomic mass is 10.2. The minimum absolute atomic E-state index is 0.714. The van der Waals surface area contributed by atoms with Crippen molar-refractivity contribution in [1.29, 1.82) is 0 Å². The lowest BCUT2D eigenvalue weighted by Crippen LogP contribution is -1.81. The first-order valence-corrected chi connectivity index (χ1v) is 5.05. The first kappa shape index (κ1) is 8.97. The van der Waals surface area contributed by atoms with Gasteiger partial charge < -0.3 is 4.84 Å². The molecule has 2 rings (SSSR count). The van der Waals surface area contributed by atoms with Crippen LogP contribution in [0.4, 0.5) is 0 Å². The zero-order chi connectivity index (χ0) is 9.80. The fourth-order valence-corrected chi connectivity index (χ4v) is 1.95. The number of hydrogen-bond donors (Lipinski definition) is 0. The Morgan fingerprint density at radius 3 is 2.86 bits per heavy atom. The molecule has 14 heavy (non-hydrogen) atoms. The van der Waals surface area contributed by atoms with Gasteiger partial charge in [-0.3, -0.25) is 0 Å². The predicted molar refractivity (Wildman–Crippen MR) is 59.9 cm³/mol. The maximum absolute atomic E-state index is 4.96. The van der Waals surface area contributed by atoms with Crippen LogP contribution in [0.1, 0.15) is 0 Å². The fourth-order valence-electron chi connectivity index (χ4n) is 1.22. The van der Waals surface area contributed by atoms with Crippen molar-refractivity contribution in [2.24, 2.45) is 5.16 Å². The molecule has 1 aromatic carbocycles. The number of nitrogens with zero attached hydrogens (tertiary/aromatic N) is 1. The molecule has 0 aliphatic rings. The Morgan fingerprint density at radius 1 is 1.21 bits per heavy atom.